The number of hydrogen-bond acceptors (Lipinski definition) is 3. The van der Waals surface area contributed by atoms with Crippen molar-refractivity contribution in [2.24, 2.45) is 0 Å². The van der Waals surface area contributed by atoms with E-state index in [0.29, 0.717) is 0 Å². The van der Waals surface area contributed by atoms with Crippen molar-refractivity contribution in [3.63, 3.8) is 0 Å². The molecule has 1 saturated heterocycles. The van der Waals surface area contributed by atoms with Crippen LogP contribution in [-0.2, 0) is 4.79 Å². The van der Waals surface area contributed by atoms with E-state index in [9.17, 15) is 4.79 Å². The first kappa shape index (κ1) is 15.3. The molecule has 1 atom stereocenters. The van der Waals surface area contributed by atoms with Crippen molar-refractivity contribution in [3.05, 3.63) is 35.9 Å². The van der Waals surface area contributed by atoms with E-state index in [1.807, 2.05) is 30.3 Å². The van der Waals surface area contributed by atoms with Crippen LogP contribution < -0.4 is 0 Å². The van der Waals surface area contributed by atoms with Crippen molar-refractivity contribution in [3.8, 4) is 0 Å². The van der Waals surface area contributed by atoms with Crippen molar-refractivity contribution in [1.29, 1.82) is 0 Å². The lowest BCUT2D eigenvalue weighted by molar-refractivity contribution is -0.128. The summed E-state index contributed by atoms with van der Waals surface area (Å²) in [7, 11) is 3.58. The third-order valence-corrected chi connectivity index (χ3v) is 5.07. The van der Waals surface area contributed by atoms with Crippen molar-refractivity contribution in [1.82, 2.24) is 9.80 Å². The molecule has 1 fully saturated rings. The van der Waals surface area contributed by atoms with E-state index >= 15 is 0 Å². The van der Waals surface area contributed by atoms with Gasteiger partial charge in [0.1, 0.15) is 9.57 Å². The summed E-state index contributed by atoms with van der Waals surface area (Å²) in [4.78, 5) is 16.3. The summed E-state index contributed by atoms with van der Waals surface area (Å²) in [5.74, 6) is 0.0859. The summed E-state index contributed by atoms with van der Waals surface area (Å²) in [6, 6.07) is 9.87. The van der Waals surface area contributed by atoms with E-state index in [1.54, 1.807) is 19.0 Å². The molecule has 0 saturated carbocycles. The molecule has 3 nitrogen and oxygen atoms in total. The fourth-order valence-corrected chi connectivity index (χ4v) is 3.81. The smallest absolute Gasteiger partial charge is 0.240 e. The molecule has 1 aromatic carbocycles. The highest BCUT2D eigenvalue weighted by Gasteiger charge is 2.27. The summed E-state index contributed by atoms with van der Waals surface area (Å²) in [5, 5.41) is -0.251. The zero-order valence-electron chi connectivity index (χ0n) is 11.9. The van der Waals surface area contributed by atoms with Gasteiger partial charge in [-0.25, -0.2) is 0 Å². The van der Waals surface area contributed by atoms with Gasteiger partial charge in [0, 0.05) is 27.2 Å². The van der Waals surface area contributed by atoms with Crippen molar-refractivity contribution < 1.29 is 4.79 Å². The predicted octanol–water partition coefficient (Wildman–Crippen LogP) is 2.93. The zero-order valence-corrected chi connectivity index (χ0v) is 13.5. The van der Waals surface area contributed by atoms with Crippen LogP contribution in [0, 0.1) is 0 Å². The molecule has 2 rings (SSSR count). The van der Waals surface area contributed by atoms with Crippen LogP contribution in [0.4, 0.5) is 0 Å². The molecular weight excluding hydrogens is 288 g/mol. The van der Waals surface area contributed by atoms with E-state index in [4.69, 9.17) is 12.2 Å². The Bertz CT molecular complexity index is 470. The highest BCUT2D eigenvalue weighted by atomic mass is 32.2. The highest BCUT2D eigenvalue weighted by molar-refractivity contribution is 8.23. The van der Waals surface area contributed by atoms with Crippen molar-refractivity contribution >= 4 is 34.2 Å². The average molecular weight is 308 g/mol. The molecule has 0 spiro atoms. The number of carbonyl (C=O) groups is 1. The standard InChI is InChI=1S/C15H20N2OS2/c1-16(2)14(18)13(12-8-4-3-5-9-12)20-15(19)17-10-6-7-11-17/h3-5,8-9,13H,6-7,10-11H2,1-2H3. The SMILES string of the molecule is CN(C)C(=O)C(SC(=S)N1CCCC1)c1ccccc1. The van der Waals surface area contributed by atoms with Crippen LogP contribution in [0.15, 0.2) is 30.3 Å². The highest BCUT2D eigenvalue weighted by Crippen LogP contribution is 2.33. The van der Waals surface area contributed by atoms with E-state index in [0.717, 1.165) is 23.0 Å². The Morgan fingerprint density at radius 1 is 1.25 bits per heavy atom. The molecule has 1 aliphatic rings. The lowest BCUT2D eigenvalue weighted by atomic mass is 10.1. The lowest BCUT2D eigenvalue weighted by Gasteiger charge is -2.24. The average Bonchev–Trinajstić information content (AvgIpc) is 2.99. The van der Waals surface area contributed by atoms with Crippen LogP contribution in [0.1, 0.15) is 23.7 Å². The van der Waals surface area contributed by atoms with Crippen LogP contribution in [0.5, 0.6) is 0 Å². The normalized spacial score (nSPS) is 16.0. The molecule has 0 bridgehead atoms. The summed E-state index contributed by atoms with van der Waals surface area (Å²) >= 11 is 7.01. The number of likely N-dealkylation sites (tertiary alicyclic amines) is 1. The summed E-state index contributed by atoms with van der Waals surface area (Å²) in [6.45, 7) is 2.03. The maximum atomic E-state index is 12.4. The molecule has 1 heterocycles. The summed E-state index contributed by atoms with van der Waals surface area (Å²) in [5.41, 5.74) is 1.01. The molecule has 0 radical (unpaired) electrons. The van der Waals surface area contributed by atoms with Crippen molar-refractivity contribution in [2.45, 2.75) is 18.1 Å². The fourth-order valence-electron chi connectivity index (χ4n) is 2.20. The van der Waals surface area contributed by atoms with Gasteiger partial charge in [-0.05, 0) is 18.4 Å². The minimum absolute atomic E-state index is 0.0859. The molecule has 0 aromatic heterocycles. The number of hydrogen-bond donors (Lipinski definition) is 0. The lowest BCUT2D eigenvalue weighted by Crippen LogP contribution is -2.30. The number of likely N-dealkylation sites (N-methyl/N-ethyl adjacent to an activating group) is 1. The van der Waals surface area contributed by atoms with Gasteiger partial charge in [-0.1, -0.05) is 54.3 Å². The fraction of sp³-hybridized carbons (Fsp3) is 0.467. The predicted molar refractivity (Wildman–Crippen MR) is 88.9 cm³/mol. The molecule has 0 aliphatic carbocycles. The van der Waals surface area contributed by atoms with E-state index < -0.39 is 0 Å². The van der Waals surface area contributed by atoms with Gasteiger partial charge in [-0.2, -0.15) is 0 Å². The first-order valence-electron chi connectivity index (χ1n) is 6.81. The Morgan fingerprint density at radius 2 is 1.85 bits per heavy atom. The largest absolute Gasteiger partial charge is 0.357 e. The third-order valence-electron chi connectivity index (χ3n) is 3.35. The van der Waals surface area contributed by atoms with E-state index in [2.05, 4.69) is 4.90 Å². The van der Waals surface area contributed by atoms with Crippen LogP contribution in [-0.4, -0.2) is 47.2 Å². The Hall–Kier alpha value is -1.07. The van der Waals surface area contributed by atoms with Gasteiger partial charge in [-0.3, -0.25) is 4.79 Å². The molecule has 5 heteroatoms. The minimum Gasteiger partial charge on any atom is -0.357 e. The first-order valence-corrected chi connectivity index (χ1v) is 8.10. The Kier molecular flexibility index (Phi) is 5.43. The number of thioether (sulfide) groups is 1. The van der Waals surface area contributed by atoms with Gasteiger partial charge in [-0.15, -0.1) is 0 Å². The monoisotopic (exact) mass is 308 g/mol. The number of carbonyl (C=O) groups excluding carboxylic acids is 1. The summed E-state index contributed by atoms with van der Waals surface area (Å²) < 4.78 is 0.839. The minimum atomic E-state index is -0.251. The number of nitrogens with zero attached hydrogens (tertiary/aromatic N) is 2. The number of thiocarbonyl (C=S) groups is 1. The molecule has 1 unspecified atom stereocenters. The van der Waals surface area contributed by atoms with Gasteiger partial charge in [0.25, 0.3) is 0 Å². The van der Waals surface area contributed by atoms with Gasteiger partial charge in [0.05, 0.1) is 0 Å². The number of amides is 1. The Labute approximate surface area is 130 Å². The molecule has 108 valence electrons. The number of rotatable bonds is 3. The van der Waals surface area contributed by atoms with Crippen LogP contribution >= 0.6 is 24.0 Å². The maximum Gasteiger partial charge on any atom is 0.240 e. The summed E-state index contributed by atoms with van der Waals surface area (Å²) in [6.07, 6.45) is 2.39. The Morgan fingerprint density at radius 3 is 2.40 bits per heavy atom. The second kappa shape index (κ2) is 7.09. The van der Waals surface area contributed by atoms with Gasteiger partial charge < -0.3 is 9.80 Å². The maximum absolute atomic E-state index is 12.4. The molecule has 1 amide bonds. The molecule has 1 aliphatic heterocycles. The van der Waals surface area contributed by atoms with Crippen LogP contribution in [0.25, 0.3) is 0 Å². The van der Waals surface area contributed by atoms with E-state index in [1.165, 1.54) is 24.6 Å². The second-order valence-corrected chi connectivity index (χ2v) is 6.84. The van der Waals surface area contributed by atoms with Crippen LogP contribution in [0.2, 0.25) is 0 Å². The van der Waals surface area contributed by atoms with Gasteiger partial charge in [0.15, 0.2) is 0 Å². The number of benzene rings is 1. The van der Waals surface area contributed by atoms with E-state index in [-0.39, 0.29) is 11.2 Å². The zero-order chi connectivity index (χ0) is 14.5. The molecule has 1 aromatic rings. The second-order valence-electron chi connectivity index (χ2n) is 5.10. The quantitative estimate of drug-likeness (QED) is 0.801. The topological polar surface area (TPSA) is 23.6 Å². The van der Waals surface area contributed by atoms with Gasteiger partial charge in [0.2, 0.25) is 5.91 Å². The molecular formula is C15H20N2OS2. The Balaban J connectivity index is 2.14. The van der Waals surface area contributed by atoms with Crippen molar-refractivity contribution in [2.75, 3.05) is 27.2 Å². The molecule has 20 heavy (non-hydrogen) atoms. The van der Waals surface area contributed by atoms with Crippen LogP contribution in [0.3, 0.4) is 0 Å². The molecule has 0 N–H and O–H groups in total. The third kappa shape index (κ3) is 3.73. The van der Waals surface area contributed by atoms with Gasteiger partial charge >= 0.3 is 0 Å². The first-order chi connectivity index (χ1) is 9.59.